The molecule has 1 rings (SSSR count). The third-order valence-corrected chi connectivity index (χ3v) is 2.40. The van der Waals surface area contributed by atoms with Gasteiger partial charge in [-0.3, -0.25) is 4.79 Å². The van der Waals surface area contributed by atoms with Crippen molar-refractivity contribution in [1.82, 2.24) is 0 Å². The molecule has 0 saturated heterocycles. The van der Waals surface area contributed by atoms with Crippen LogP contribution >= 0.6 is 12.6 Å². The van der Waals surface area contributed by atoms with Crippen LogP contribution in [0.15, 0.2) is 30.3 Å². The molecule has 1 N–H and O–H groups in total. The highest BCUT2D eigenvalue weighted by molar-refractivity contribution is 7.81. The van der Waals surface area contributed by atoms with Gasteiger partial charge in [-0.15, -0.1) is 0 Å². The van der Waals surface area contributed by atoms with Crippen LogP contribution in [-0.2, 0) is 4.79 Å². The number of benzene rings is 1. The quantitative estimate of drug-likeness (QED) is 0.577. The van der Waals surface area contributed by atoms with Crippen molar-refractivity contribution in [3.8, 4) is 5.75 Å². The van der Waals surface area contributed by atoms with Crippen molar-refractivity contribution in [2.24, 2.45) is 0 Å². The van der Waals surface area contributed by atoms with Gasteiger partial charge in [0.1, 0.15) is 5.75 Å². The Morgan fingerprint density at radius 3 is 2.67 bits per heavy atom. The number of thiol groups is 1. The van der Waals surface area contributed by atoms with Crippen molar-refractivity contribution in [1.29, 1.82) is 0 Å². The Morgan fingerprint density at radius 2 is 2.07 bits per heavy atom. The third kappa shape index (κ3) is 4.74. The number of rotatable bonds is 6. The molecular weight excluding hydrogens is 212 g/mol. The first kappa shape index (κ1) is 11.9. The number of hydrogen-bond donors (Lipinski definition) is 2. The largest absolute Gasteiger partial charge is 0.494 e. The van der Waals surface area contributed by atoms with Crippen molar-refractivity contribution in [3.63, 3.8) is 0 Å². The minimum Gasteiger partial charge on any atom is -0.494 e. The summed E-state index contributed by atoms with van der Waals surface area (Å²) < 4.78 is 5.41. The van der Waals surface area contributed by atoms with Crippen molar-refractivity contribution in [2.45, 2.75) is 18.1 Å². The van der Waals surface area contributed by atoms with E-state index in [1.54, 1.807) is 0 Å². The second-order valence-electron chi connectivity index (χ2n) is 3.16. The van der Waals surface area contributed by atoms with Crippen LogP contribution in [0.3, 0.4) is 0 Å². The topological polar surface area (TPSA) is 46.5 Å². The fourth-order valence-corrected chi connectivity index (χ4v) is 1.29. The summed E-state index contributed by atoms with van der Waals surface area (Å²) in [7, 11) is 0. The fourth-order valence-electron chi connectivity index (χ4n) is 1.11. The van der Waals surface area contributed by atoms with Gasteiger partial charge in [-0.1, -0.05) is 18.2 Å². The molecule has 0 heterocycles. The second kappa shape index (κ2) is 6.35. The molecule has 1 atom stereocenters. The summed E-state index contributed by atoms with van der Waals surface area (Å²) in [6, 6.07) is 9.45. The Morgan fingerprint density at radius 1 is 1.40 bits per heavy atom. The maximum absolute atomic E-state index is 10.4. The van der Waals surface area contributed by atoms with E-state index in [0.717, 1.165) is 5.75 Å². The molecule has 1 aromatic carbocycles. The monoisotopic (exact) mass is 226 g/mol. The van der Waals surface area contributed by atoms with Crippen LogP contribution in [0.4, 0.5) is 0 Å². The van der Waals surface area contributed by atoms with Gasteiger partial charge in [0.25, 0.3) is 0 Å². The van der Waals surface area contributed by atoms with E-state index in [1.165, 1.54) is 0 Å². The smallest absolute Gasteiger partial charge is 0.316 e. The molecule has 0 saturated carbocycles. The summed E-state index contributed by atoms with van der Waals surface area (Å²) in [4.78, 5) is 10.4. The number of hydrogen-bond acceptors (Lipinski definition) is 3. The van der Waals surface area contributed by atoms with Crippen LogP contribution < -0.4 is 4.74 Å². The lowest BCUT2D eigenvalue weighted by atomic mass is 10.2. The summed E-state index contributed by atoms with van der Waals surface area (Å²) >= 11 is 3.93. The Kier molecular flexibility index (Phi) is 5.04. The highest BCUT2D eigenvalue weighted by Gasteiger charge is 2.10. The van der Waals surface area contributed by atoms with Crippen molar-refractivity contribution < 1.29 is 14.6 Å². The molecule has 0 aliphatic rings. The first-order chi connectivity index (χ1) is 7.20. The molecule has 0 aliphatic heterocycles. The van der Waals surface area contributed by atoms with Crippen molar-refractivity contribution in [2.75, 3.05) is 6.61 Å². The molecule has 0 radical (unpaired) electrons. The van der Waals surface area contributed by atoms with E-state index in [9.17, 15) is 4.79 Å². The van der Waals surface area contributed by atoms with Gasteiger partial charge in [-0.2, -0.15) is 12.6 Å². The van der Waals surface area contributed by atoms with Gasteiger partial charge in [-0.05, 0) is 25.0 Å². The van der Waals surface area contributed by atoms with E-state index in [2.05, 4.69) is 12.6 Å². The maximum Gasteiger partial charge on any atom is 0.316 e. The van der Waals surface area contributed by atoms with Gasteiger partial charge in [0, 0.05) is 0 Å². The highest BCUT2D eigenvalue weighted by atomic mass is 32.1. The van der Waals surface area contributed by atoms with Crippen LogP contribution in [-0.4, -0.2) is 22.9 Å². The summed E-state index contributed by atoms with van der Waals surface area (Å²) in [6.45, 7) is 0.522. The van der Waals surface area contributed by atoms with Crippen LogP contribution in [0.1, 0.15) is 12.8 Å². The Bertz CT molecular complexity index is 300. The molecule has 0 spiro atoms. The van der Waals surface area contributed by atoms with E-state index >= 15 is 0 Å². The van der Waals surface area contributed by atoms with Crippen molar-refractivity contribution in [3.05, 3.63) is 30.3 Å². The predicted octanol–water partition coefficient (Wildman–Crippen LogP) is 2.23. The summed E-state index contributed by atoms with van der Waals surface area (Å²) in [5, 5.41) is 7.99. The zero-order valence-corrected chi connectivity index (χ0v) is 9.19. The molecular formula is C11H14O3S. The molecule has 0 bridgehead atoms. The van der Waals surface area contributed by atoms with E-state index in [-0.39, 0.29) is 0 Å². The minimum absolute atomic E-state index is 0.519. The Balaban J connectivity index is 2.15. The average molecular weight is 226 g/mol. The number of ether oxygens (including phenoxy) is 1. The lowest BCUT2D eigenvalue weighted by Crippen LogP contribution is -2.14. The Labute approximate surface area is 94.5 Å². The van der Waals surface area contributed by atoms with Crippen LogP contribution in [0.25, 0.3) is 0 Å². The number of carboxylic acids is 1. The van der Waals surface area contributed by atoms with Gasteiger partial charge < -0.3 is 9.84 Å². The molecule has 0 aliphatic carbocycles. The number of para-hydroxylation sites is 1. The number of carboxylic acid groups (broad SMARTS) is 1. The number of aliphatic carboxylic acids is 1. The lowest BCUT2D eigenvalue weighted by Gasteiger charge is -2.07. The lowest BCUT2D eigenvalue weighted by molar-refractivity contribution is -0.136. The molecule has 1 unspecified atom stereocenters. The van der Waals surface area contributed by atoms with E-state index in [0.29, 0.717) is 19.4 Å². The average Bonchev–Trinajstić information content (AvgIpc) is 2.25. The van der Waals surface area contributed by atoms with E-state index < -0.39 is 11.2 Å². The van der Waals surface area contributed by atoms with Gasteiger partial charge in [0.2, 0.25) is 0 Å². The minimum atomic E-state index is -0.877. The maximum atomic E-state index is 10.4. The molecule has 4 heteroatoms. The van der Waals surface area contributed by atoms with E-state index in [1.807, 2.05) is 30.3 Å². The predicted molar refractivity (Wildman–Crippen MR) is 61.6 cm³/mol. The SMILES string of the molecule is O=C(O)C(S)CCCOc1ccccc1. The van der Waals surface area contributed by atoms with Crippen LogP contribution in [0, 0.1) is 0 Å². The first-order valence-corrected chi connectivity index (χ1v) is 5.30. The summed E-state index contributed by atoms with van der Waals surface area (Å²) in [6.07, 6.45) is 1.21. The van der Waals surface area contributed by atoms with Crippen LogP contribution in [0.2, 0.25) is 0 Å². The zero-order valence-electron chi connectivity index (χ0n) is 8.30. The molecule has 15 heavy (non-hydrogen) atoms. The van der Waals surface area contributed by atoms with E-state index in [4.69, 9.17) is 9.84 Å². The summed E-state index contributed by atoms with van der Waals surface area (Å²) in [5.41, 5.74) is 0. The highest BCUT2D eigenvalue weighted by Crippen LogP contribution is 2.10. The second-order valence-corrected chi connectivity index (χ2v) is 3.78. The number of carbonyl (C=O) groups is 1. The van der Waals surface area contributed by atoms with Crippen molar-refractivity contribution >= 4 is 18.6 Å². The normalized spacial score (nSPS) is 12.1. The summed E-state index contributed by atoms with van der Waals surface area (Å²) in [5.74, 6) is -0.0680. The first-order valence-electron chi connectivity index (χ1n) is 4.79. The standard InChI is InChI=1S/C11H14O3S/c12-11(13)10(15)7-4-8-14-9-5-2-1-3-6-9/h1-3,5-6,10,15H,4,7-8H2,(H,12,13). The van der Waals surface area contributed by atoms with Gasteiger partial charge >= 0.3 is 5.97 Å². The zero-order chi connectivity index (χ0) is 11.1. The molecule has 1 aromatic rings. The molecule has 0 amide bonds. The van der Waals surface area contributed by atoms with Crippen LogP contribution in [0.5, 0.6) is 5.75 Å². The molecule has 0 aromatic heterocycles. The fraction of sp³-hybridized carbons (Fsp3) is 0.364. The Hall–Kier alpha value is -1.16. The molecule has 3 nitrogen and oxygen atoms in total. The van der Waals surface area contributed by atoms with Gasteiger partial charge in [-0.25, -0.2) is 0 Å². The molecule has 82 valence electrons. The molecule has 0 fully saturated rings. The third-order valence-electron chi connectivity index (χ3n) is 1.92. The van der Waals surface area contributed by atoms with Gasteiger partial charge in [0.05, 0.1) is 11.9 Å². The van der Waals surface area contributed by atoms with Gasteiger partial charge in [0.15, 0.2) is 0 Å².